The number of carbonyl (C=O) groups excluding carboxylic acids is 1. The maximum atomic E-state index is 12.6. The van der Waals surface area contributed by atoms with Crippen LogP contribution < -0.4 is 14.5 Å². The summed E-state index contributed by atoms with van der Waals surface area (Å²) in [6.07, 6.45) is 1.73. The highest BCUT2D eigenvalue weighted by Crippen LogP contribution is 2.30. The summed E-state index contributed by atoms with van der Waals surface area (Å²) in [5, 5.41) is 0. The van der Waals surface area contributed by atoms with Gasteiger partial charge in [0.1, 0.15) is 5.82 Å². The first-order chi connectivity index (χ1) is 12.4. The Bertz CT molecular complexity index is 922. The molecule has 0 aliphatic carbocycles. The van der Waals surface area contributed by atoms with E-state index >= 15 is 0 Å². The molecule has 7 nitrogen and oxygen atoms in total. The van der Waals surface area contributed by atoms with Crippen molar-refractivity contribution in [3.8, 4) is 0 Å². The molecule has 0 fully saturated rings. The number of nitrogens with one attached hydrogen (secondary N) is 1. The van der Waals surface area contributed by atoms with Crippen LogP contribution in [0.3, 0.4) is 0 Å². The Morgan fingerprint density at radius 3 is 2.54 bits per heavy atom. The van der Waals surface area contributed by atoms with Crippen molar-refractivity contribution in [2.45, 2.75) is 25.2 Å². The molecular weight excluding hydrogens is 352 g/mol. The second-order valence-corrected chi connectivity index (χ2v) is 7.79. The number of anilines is 3. The Labute approximate surface area is 153 Å². The maximum absolute atomic E-state index is 12.6. The van der Waals surface area contributed by atoms with Crippen LogP contribution in [0.1, 0.15) is 19.4 Å². The first-order valence-corrected chi connectivity index (χ1v) is 9.97. The summed E-state index contributed by atoms with van der Waals surface area (Å²) in [7, 11) is -2.06. The zero-order valence-electron chi connectivity index (χ0n) is 15.1. The average Bonchev–Trinajstić information content (AvgIpc) is 2.91. The zero-order valence-corrected chi connectivity index (χ0v) is 15.9. The minimum Gasteiger partial charge on any atom is -0.357 e. The molecule has 1 N–H and O–H groups in total. The Morgan fingerprint density at radius 1 is 1.19 bits per heavy atom. The molecule has 8 heteroatoms. The number of nitrogens with zero attached hydrogens (tertiary/aromatic N) is 3. The topological polar surface area (TPSA) is 82.6 Å². The Hall–Kier alpha value is -2.61. The second kappa shape index (κ2) is 6.95. The molecule has 2 aromatic rings. The number of pyridine rings is 1. The summed E-state index contributed by atoms with van der Waals surface area (Å²) >= 11 is 0. The number of likely N-dealkylation sites (N-methyl/N-ethyl adjacent to an activating group) is 1. The zero-order chi connectivity index (χ0) is 18.9. The fourth-order valence-corrected chi connectivity index (χ4v) is 4.10. The van der Waals surface area contributed by atoms with Gasteiger partial charge in [0.05, 0.1) is 23.2 Å². The molecule has 1 aliphatic rings. The first-order valence-electron chi connectivity index (χ1n) is 8.49. The largest absolute Gasteiger partial charge is 0.357 e. The van der Waals surface area contributed by atoms with E-state index in [1.54, 1.807) is 31.3 Å². The van der Waals surface area contributed by atoms with Crippen LogP contribution in [0.5, 0.6) is 0 Å². The van der Waals surface area contributed by atoms with Crippen LogP contribution in [-0.2, 0) is 21.2 Å². The third-order valence-electron chi connectivity index (χ3n) is 4.53. The fourth-order valence-electron chi connectivity index (χ4n) is 3.01. The third-order valence-corrected chi connectivity index (χ3v) is 5.90. The molecule has 2 heterocycles. The summed E-state index contributed by atoms with van der Waals surface area (Å²) in [6, 6.07) is 8.21. The SMILES string of the molecule is CCN(CC)c1ccc(NS(=O)(=O)c2ccc3c(c2)CC(=O)N3C)cn1. The molecule has 0 bridgehead atoms. The Kier molecular flexibility index (Phi) is 4.86. The normalized spacial score (nSPS) is 13.7. The van der Waals surface area contributed by atoms with Gasteiger partial charge in [-0.15, -0.1) is 0 Å². The highest BCUT2D eigenvalue weighted by Gasteiger charge is 2.26. The number of fused-ring (bicyclic) bond motifs is 1. The monoisotopic (exact) mass is 374 g/mol. The lowest BCUT2D eigenvalue weighted by Gasteiger charge is -2.19. The Morgan fingerprint density at radius 2 is 1.92 bits per heavy atom. The number of sulfonamides is 1. The quantitative estimate of drug-likeness (QED) is 0.839. The van der Waals surface area contributed by atoms with Crippen molar-refractivity contribution in [1.29, 1.82) is 0 Å². The van der Waals surface area contributed by atoms with E-state index in [-0.39, 0.29) is 17.2 Å². The van der Waals surface area contributed by atoms with Gasteiger partial charge in [-0.25, -0.2) is 13.4 Å². The summed E-state index contributed by atoms with van der Waals surface area (Å²) < 4.78 is 27.8. The van der Waals surface area contributed by atoms with E-state index in [1.807, 2.05) is 13.8 Å². The van der Waals surface area contributed by atoms with Crippen molar-refractivity contribution in [2.24, 2.45) is 0 Å². The second-order valence-electron chi connectivity index (χ2n) is 6.10. The molecular formula is C18H22N4O3S. The molecule has 0 spiro atoms. The maximum Gasteiger partial charge on any atom is 0.261 e. The molecule has 0 atom stereocenters. The first kappa shape index (κ1) is 18.2. The third kappa shape index (κ3) is 3.37. The highest BCUT2D eigenvalue weighted by molar-refractivity contribution is 7.92. The van der Waals surface area contributed by atoms with Crippen LogP contribution in [0, 0.1) is 0 Å². The Balaban J connectivity index is 1.82. The van der Waals surface area contributed by atoms with E-state index in [0.717, 1.165) is 30.2 Å². The minimum absolute atomic E-state index is 0.0429. The lowest BCUT2D eigenvalue weighted by molar-refractivity contribution is -0.117. The van der Waals surface area contributed by atoms with Crippen LogP contribution in [0.15, 0.2) is 41.4 Å². The molecule has 0 saturated heterocycles. The lowest BCUT2D eigenvalue weighted by atomic mass is 10.2. The van der Waals surface area contributed by atoms with E-state index in [4.69, 9.17) is 0 Å². The van der Waals surface area contributed by atoms with E-state index in [9.17, 15) is 13.2 Å². The summed E-state index contributed by atoms with van der Waals surface area (Å²) in [4.78, 5) is 19.8. The predicted octanol–water partition coefficient (Wildman–Crippen LogP) is 2.25. The number of hydrogen-bond acceptors (Lipinski definition) is 5. The molecule has 1 aromatic carbocycles. The average molecular weight is 374 g/mol. The van der Waals surface area contributed by atoms with Crippen molar-refractivity contribution in [1.82, 2.24) is 4.98 Å². The fraction of sp³-hybridized carbons (Fsp3) is 0.333. The van der Waals surface area contributed by atoms with Crippen LogP contribution in [0.25, 0.3) is 0 Å². The van der Waals surface area contributed by atoms with Crippen LogP contribution in [0.2, 0.25) is 0 Å². The van der Waals surface area contributed by atoms with Gasteiger partial charge in [-0.2, -0.15) is 0 Å². The molecule has 1 aromatic heterocycles. The van der Waals surface area contributed by atoms with Crippen molar-refractivity contribution in [3.63, 3.8) is 0 Å². The molecule has 26 heavy (non-hydrogen) atoms. The van der Waals surface area contributed by atoms with Gasteiger partial charge < -0.3 is 9.80 Å². The highest BCUT2D eigenvalue weighted by atomic mass is 32.2. The lowest BCUT2D eigenvalue weighted by Crippen LogP contribution is -2.23. The van der Waals surface area contributed by atoms with Crippen molar-refractivity contribution >= 4 is 33.1 Å². The number of rotatable bonds is 6. The molecule has 1 aliphatic heterocycles. The number of aromatic nitrogens is 1. The van der Waals surface area contributed by atoms with Crippen LogP contribution in [0.4, 0.5) is 17.2 Å². The van der Waals surface area contributed by atoms with E-state index < -0.39 is 10.0 Å². The van der Waals surface area contributed by atoms with Crippen LogP contribution >= 0.6 is 0 Å². The van der Waals surface area contributed by atoms with Gasteiger partial charge in [0.15, 0.2) is 0 Å². The van der Waals surface area contributed by atoms with Gasteiger partial charge in [0.2, 0.25) is 5.91 Å². The van der Waals surface area contributed by atoms with E-state index in [2.05, 4.69) is 14.6 Å². The molecule has 3 rings (SSSR count). The minimum atomic E-state index is -3.75. The van der Waals surface area contributed by atoms with Gasteiger partial charge in [-0.3, -0.25) is 9.52 Å². The number of amides is 1. The molecule has 1 amide bonds. The summed E-state index contributed by atoms with van der Waals surface area (Å²) in [5.74, 6) is 0.760. The van der Waals surface area contributed by atoms with Crippen molar-refractivity contribution < 1.29 is 13.2 Å². The van der Waals surface area contributed by atoms with Crippen LogP contribution in [-0.4, -0.2) is 39.4 Å². The molecule has 0 radical (unpaired) electrons. The van der Waals surface area contributed by atoms with Gasteiger partial charge in [0.25, 0.3) is 10.0 Å². The van der Waals surface area contributed by atoms with Gasteiger partial charge in [0, 0.05) is 25.8 Å². The van der Waals surface area contributed by atoms with E-state index in [1.165, 1.54) is 17.2 Å². The molecule has 0 unspecified atom stereocenters. The summed E-state index contributed by atoms with van der Waals surface area (Å²) in [6.45, 7) is 5.74. The predicted molar refractivity (Wildman–Crippen MR) is 102 cm³/mol. The van der Waals surface area contributed by atoms with Crippen molar-refractivity contribution in [2.75, 3.05) is 34.7 Å². The van der Waals surface area contributed by atoms with Gasteiger partial charge in [-0.1, -0.05) is 0 Å². The molecule has 138 valence electrons. The van der Waals surface area contributed by atoms with Gasteiger partial charge in [-0.05, 0) is 49.7 Å². The number of hydrogen-bond donors (Lipinski definition) is 1. The van der Waals surface area contributed by atoms with Crippen molar-refractivity contribution in [3.05, 3.63) is 42.1 Å². The molecule has 0 saturated carbocycles. The van der Waals surface area contributed by atoms with E-state index in [0.29, 0.717) is 5.69 Å². The number of benzene rings is 1. The smallest absolute Gasteiger partial charge is 0.261 e. The van der Waals surface area contributed by atoms with Gasteiger partial charge >= 0.3 is 0 Å². The summed E-state index contributed by atoms with van der Waals surface area (Å²) in [5.41, 5.74) is 1.86. The standard InChI is InChI=1S/C18H22N4O3S/c1-4-22(5-2)17-9-6-14(12-19-17)20-26(24,25)15-7-8-16-13(10-15)11-18(23)21(16)3/h6-10,12,20H,4-5,11H2,1-3H3. The number of carbonyl (C=O) groups is 1.